The number of hydrogen-bond acceptors (Lipinski definition) is 2. The van der Waals surface area contributed by atoms with Crippen molar-refractivity contribution in [2.75, 3.05) is 5.73 Å². The van der Waals surface area contributed by atoms with E-state index in [-0.39, 0.29) is 18.0 Å². The number of nitrogen functional groups attached to an aromatic ring is 1. The number of nitrogens with two attached hydrogens (primary N) is 1. The predicted molar refractivity (Wildman–Crippen MR) is 70.0 cm³/mol. The van der Waals surface area contributed by atoms with Gasteiger partial charge in [0.05, 0.1) is 0 Å². The van der Waals surface area contributed by atoms with Crippen molar-refractivity contribution >= 4 is 11.5 Å². The van der Waals surface area contributed by atoms with E-state index in [1.807, 2.05) is 6.92 Å². The number of aryl methyl sites for hydroxylation is 1. The van der Waals surface area contributed by atoms with Crippen LogP contribution in [0, 0.1) is 12.7 Å². The van der Waals surface area contributed by atoms with E-state index in [9.17, 15) is 9.18 Å². The Kier molecular flexibility index (Phi) is 3.42. The topological polar surface area (TPSA) is 43.1 Å². The van der Waals surface area contributed by atoms with Crippen molar-refractivity contribution in [2.24, 2.45) is 0 Å². The van der Waals surface area contributed by atoms with Crippen LogP contribution in [0.1, 0.15) is 21.5 Å². The number of carbonyl (C=O) groups excluding carboxylic acids is 1. The number of ketones is 1. The largest absolute Gasteiger partial charge is 0.399 e. The number of anilines is 1. The first kappa shape index (κ1) is 12.3. The van der Waals surface area contributed by atoms with Crippen LogP contribution in [0.2, 0.25) is 0 Å². The zero-order chi connectivity index (χ0) is 13.1. The molecule has 3 heteroatoms. The maximum absolute atomic E-state index is 12.8. The van der Waals surface area contributed by atoms with Crippen molar-refractivity contribution in [2.45, 2.75) is 13.3 Å². The second kappa shape index (κ2) is 5.00. The molecule has 2 nitrogen and oxygen atoms in total. The molecular weight excluding hydrogens is 229 g/mol. The summed E-state index contributed by atoms with van der Waals surface area (Å²) in [4.78, 5) is 12.1. The number of benzene rings is 2. The Balaban J connectivity index is 2.19. The van der Waals surface area contributed by atoms with E-state index in [1.54, 1.807) is 30.3 Å². The average Bonchev–Trinajstić information content (AvgIpc) is 2.32. The van der Waals surface area contributed by atoms with E-state index >= 15 is 0 Å². The summed E-state index contributed by atoms with van der Waals surface area (Å²) in [6, 6.07) is 11.2. The summed E-state index contributed by atoms with van der Waals surface area (Å²) in [5, 5.41) is 0. The van der Waals surface area contributed by atoms with Crippen LogP contribution < -0.4 is 5.73 Å². The Morgan fingerprint density at radius 2 is 1.83 bits per heavy atom. The first-order chi connectivity index (χ1) is 8.56. The fraction of sp³-hybridized carbons (Fsp3) is 0.133. The second-order valence-corrected chi connectivity index (χ2v) is 4.30. The molecule has 2 aromatic rings. The minimum Gasteiger partial charge on any atom is -0.399 e. The van der Waals surface area contributed by atoms with Gasteiger partial charge in [0.25, 0.3) is 0 Å². The Morgan fingerprint density at radius 1 is 1.17 bits per heavy atom. The summed E-state index contributed by atoms with van der Waals surface area (Å²) in [5.74, 6) is -0.283. The summed E-state index contributed by atoms with van der Waals surface area (Å²) in [6.45, 7) is 1.86. The molecule has 0 radical (unpaired) electrons. The van der Waals surface area contributed by atoms with Crippen molar-refractivity contribution in [1.82, 2.24) is 0 Å². The van der Waals surface area contributed by atoms with Crippen molar-refractivity contribution < 1.29 is 9.18 Å². The van der Waals surface area contributed by atoms with Gasteiger partial charge in [-0.2, -0.15) is 0 Å². The Labute approximate surface area is 105 Å². The molecule has 92 valence electrons. The molecule has 0 saturated heterocycles. The summed E-state index contributed by atoms with van der Waals surface area (Å²) in [5.41, 5.74) is 8.62. The maximum Gasteiger partial charge on any atom is 0.167 e. The van der Waals surface area contributed by atoms with Crippen LogP contribution in [0.5, 0.6) is 0 Å². The third-order valence-corrected chi connectivity index (χ3v) is 2.83. The molecule has 0 spiro atoms. The van der Waals surface area contributed by atoms with Crippen molar-refractivity contribution in [3.05, 3.63) is 65.0 Å². The zero-order valence-electron chi connectivity index (χ0n) is 10.1. The van der Waals surface area contributed by atoms with Gasteiger partial charge < -0.3 is 5.73 Å². The van der Waals surface area contributed by atoms with Crippen LogP contribution in [-0.4, -0.2) is 5.78 Å². The molecule has 0 bridgehead atoms. The highest BCUT2D eigenvalue weighted by molar-refractivity contribution is 5.99. The SMILES string of the molecule is Cc1cc(N)ccc1C(=O)Cc1ccc(F)cc1. The Hall–Kier alpha value is -2.16. The molecule has 2 rings (SSSR count). The summed E-state index contributed by atoms with van der Waals surface area (Å²) in [7, 11) is 0. The molecule has 0 aliphatic carbocycles. The number of rotatable bonds is 3. The molecule has 0 fully saturated rings. The molecular formula is C15H14FNO. The smallest absolute Gasteiger partial charge is 0.167 e. The number of carbonyl (C=O) groups is 1. The molecule has 0 unspecified atom stereocenters. The van der Waals surface area contributed by atoms with Gasteiger partial charge in [0, 0.05) is 17.7 Å². The van der Waals surface area contributed by atoms with Crippen molar-refractivity contribution in [3.8, 4) is 0 Å². The summed E-state index contributed by atoms with van der Waals surface area (Å²) < 4.78 is 12.8. The lowest BCUT2D eigenvalue weighted by molar-refractivity contribution is 0.0992. The normalized spacial score (nSPS) is 10.3. The lowest BCUT2D eigenvalue weighted by Gasteiger charge is -2.06. The number of Topliss-reactive ketones (excluding diaryl/α,β-unsaturated/α-hetero) is 1. The van der Waals surface area contributed by atoms with Gasteiger partial charge in [0.15, 0.2) is 5.78 Å². The fourth-order valence-corrected chi connectivity index (χ4v) is 1.88. The molecule has 18 heavy (non-hydrogen) atoms. The van der Waals surface area contributed by atoms with Gasteiger partial charge in [-0.3, -0.25) is 4.79 Å². The van der Waals surface area contributed by atoms with Crippen LogP contribution in [0.25, 0.3) is 0 Å². The van der Waals surface area contributed by atoms with Gasteiger partial charge in [0.2, 0.25) is 0 Å². The van der Waals surface area contributed by atoms with Crippen LogP contribution >= 0.6 is 0 Å². The molecule has 0 atom stereocenters. The van der Waals surface area contributed by atoms with Crippen LogP contribution in [-0.2, 0) is 6.42 Å². The highest BCUT2D eigenvalue weighted by Crippen LogP contribution is 2.15. The number of hydrogen-bond donors (Lipinski definition) is 1. The zero-order valence-corrected chi connectivity index (χ0v) is 10.1. The molecule has 0 aliphatic rings. The van der Waals surface area contributed by atoms with E-state index < -0.39 is 0 Å². The van der Waals surface area contributed by atoms with E-state index in [0.29, 0.717) is 11.3 Å². The van der Waals surface area contributed by atoms with Crippen LogP contribution in [0.4, 0.5) is 10.1 Å². The van der Waals surface area contributed by atoms with Crippen LogP contribution in [0.15, 0.2) is 42.5 Å². The molecule has 0 amide bonds. The summed E-state index contributed by atoms with van der Waals surface area (Å²) >= 11 is 0. The molecule has 0 saturated carbocycles. The first-order valence-corrected chi connectivity index (χ1v) is 5.70. The highest BCUT2D eigenvalue weighted by atomic mass is 19.1. The van der Waals surface area contributed by atoms with Crippen molar-refractivity contribution in [3.63, 3.8) is 0 Å². The van der Waals surface area contributed by atoms with Gasteiger partial charge in [-0.15, -0.1) is 0 Å². The third-order valence-electron chi connectivity index (χ3n) is 2.83. The molecule has 0 aromatic heterocycles. The van der Waals surface area contributed by atoms with Gasteiger partial charge in [-0.05, 0) is 48.4 Å². The maximum atomic E-state index is 12.8. The van der Waals surface area contributed by atoms with Gasteiger partial charge >= 0.3 is 0 Å². The van der Waals surface area contributed by atoms with Gasteiger partial charge in [-0.25, -0.2) is 4.39 Å². The predicted octanol–water partition coefficient (Wildman–Crippen LogP) is 3.14. The molecule has 2 aromatic carbocycles. The minimum absolute atomic E-state index is 0.0131. The molecule has 2 N–H and O–H groups in total. The van der Waals surface area contributed by atoms with Gasteiger partial charge in [0.1, 0.15) is 5.82 Å². The standard InChI is InChI=1S/C15H14FNO/c1-10-8-13(17)6-7-14(10)15(18)9-11-2-4-12(16)5-3-11/h2-8H,9,17H2,1H3. The van der Waals surface area contributed by atoms with E-state index in [0.717, 1.165) is 11.1 Å². The highest BCUT2D eigenvalue weighted by Gasteiger charge is 2.10. The average molecular weight is 243 g/mol. The third kappa shape index (κ3) is 2.74. The van der Waals surface area contributed by atoms with Crippen molar-refractivity contribution in [1.29, 1.82) is 0 Å². The quantitative estimate of drug-likeness (QED) is 0.664. The van der Waals surface area contributed by atoms with E-state index in [4.69, 9.17) is 5.73 Å². The second-order valence-electron chi connectivity index (χ2n) is 4.30. The Bertz CT molecular complexity index is 576. The number of halogens is 1. The minimum atomic E-state index is -0.296. The fourth-order valence-electron chi connectivity index (χ4n) is 1.88. The Morgan fingerprint density at radius 3 is 2.44 bits per heavy atom. The summed E-state index contributed by atoms with van der Waals surface area (Å²) in [6.07, 6.45) is 0.269. The van der Waals surface area contributed by atoms with E-state index in [1.165, 1.54) is 12.1 Å². The van der Waals surface area contributed by atoms with Crippen LogP contribution in [0.3, 0.4) is 0 Å². The van der Waals surface area contributed by atoms with Gasteiger partial charge in [-0.1, -0.05) is 12.1 Å². The monoisotopic (exact) mass is 243 g/mol. The van der Waals surface area contributed by atoms with E-state index in [2.05, 4.69) is 0 Å². The molecule has 0 aliphatic heterocycles. The molecule has 0 heterocycles. The lowest BCUT2D eigenvalue weighted by Crippen LogP contribution is -2.06. The lowest BCUT2D eigenvalue weighted by atomic mass is 9.99. The first-order valence-electron chi connectivity index (χ1n) is 5.70.